The van der Waals surface area contributed by atoms with Gasteiger partial charge in [-0.3, -0.25) is 9.52 Å². The minimum absolute atomic E-state index is 0.186. The number of methoxy groups -OCH3 is 1. The number of anilines is 2. The largest absolute Gasteiger partial charge is 0.468 e. The maximum atomic E-state index is 11.7. The van der Waals surface area contributed by atoms with Crippen molar-refractivity contribution in [3.05, 3.63) is 29.6 Å². The quantitative estimate of drug-likeness (QED) is 0.632. The lowest BCUT2D eigenvalue weighted by atomic mass is 10.2. The third-order valence-corrected chi connectivity index (χ3v) is 4.50. The van der Waals surface area contributed by atoms with Gasteiger partial charge in [-0.2, -0.15) is 0 Å². The van der Waals surface area contributed by atoms with Crippen molar-refractivity contribution < 1.29 is 17.9 Å². The molecule has 21 heavy (non-hydrogen) atoms. The molecule has 9 heteroatoms. The first-order valence-electron chi connectivity index (χ1n) is 5.78. The minimum atomic E-state index is -3.82. The molecule has 0 aliphatic rings. The Kier molecular flexibility index (Phi) is 4.43. The molecule has 2 rings (SSSR count). The molecular formula is C12H13N3O4S2. The van der Waals surface area contributed by atoms with Gasteiger partial charge in [-0.15, -0.1) is 11.3 Å². The Morgan fingerprint density at radius 3 is 2.67 bits per heavy atom. The summed E-state index contributed by atoms with van der Waals surface area (Å²) in [6.07, 6.45) is 0. The number of hydrogen-bond acceptors (Lipinski definition) is 7. The van der Waals surface area contributed by atoms with E-state index in [4.69, 9.17) is 5.73 Å². The molecule has 0 saturated heterocycles. The minimum Gasteiger partial charge on any atom is -0.468 e. The van der Waals surface area contributed by atoms with Crippen molar-refractivity contribution in [2.45, 2.75) is 0 Å². The standard InChI is InChI=1S/C12H13N3O4S2/c1-19-11(16)7-21(17,18)15-12-14-10(6-20-12)8-2-4-9(13)5-3-8/h2-6H,7,13H2,1H3,(H,14,15). The van der Waals surface area contributed by atoms with E-state index in [1.807, 2.05) is 0 Å². The summed E-state index contributed by atoms with van der Waals surface area (Å²) in [7, 11) is -2.69. The van der Waals surface area contributed by atoms with Gasteiger partial charge in [0.1, 0.15) is 0 Å². The van der Waals surface area contributed by atoms with Gasteiger partial charge in [0.15, 0.2) is 10.9 Å². The van der Waals surface area contributed by atoms with E-state index in [0.717, 1.165) is 24.0 Å². The summed E-state index contributed by atoms with van der Waals surface area (Å²) in [5.41, 5.74) is 7.67. The number of sulfonamides is 1. The van der Waals surface area contributed by atoms with Gasteiger partial charge in [-0.25, -0.2) is 13.4 Å². The fourth-order valence-corrected chi connectivity index (χ4v) is 3.44. The summed E-state index contributed by atoms with van der Waals surface area (Å²) in [5.74, 6) is -1.59. The van der Waals surface area contributed by atoms with Gasteiger partial charge in [0.2, 0.25) is 10.0 Å². The van der Waals surface area contributed by atoms with Crippen LogP contribution < -0.4 is 10.5 Å². The molecule has 1 aromatic carbocycles. The SMILES string of the molecule is COC(=O)CS(=O)(=O)Nc1nc(-c2ccc(N)cc2)cs1. The fraction of sp³-hybridized carbons (Fsp3) is 0.167. The number of hydrogen-bond donors (Lipinski definition) is 2. The Balaban J connectivity index is 2.13. The molecule has 0 unspecified atom stereocenters. The highest BCUT2D eigenvalue weighted by Gasteiger charge is 2.18. The Labute approximate surface area is 125 Å². The first-order valence-corrected chi connectivity index (χ1v) is 8.31. The molecule has 0 fully saturated rings. The number of nitrogen functional groups attached to an aromatic ring is 1. The average Bonchev–Trinajstić information content (AvgIpc) is 2.86. The summed E-state index contributed by atoms with van der Waals surface area (Å²) in [5, 5.41) is 1.90. The Bertz CT molecular complexity index is 738. The van der Waals surface area contributed by atoms with Crippen LogP contribution in [-0.4, -0.2) is 32.2 Å². The van der Waals surface area contributed by atoms with Crippen LogP contribution in [0.5, 0.6) is 0 Å². The van der Waals surface area contributed by atoms with E-state index in [9.17, 15) is 13.2 Å². The molecule has 7 nitrogen and oxygen atoms in total. The molecular weight excluding hydrogens is 314 g/mol. The lowest BCUT2D eigenvalue weighted by molar-refractivity contribution is -0.137. The predicted molar refractivity (Wildman–Crippen MR) is 81.4 cm³/mol. The first kappa shape index (κ1) is 15.3. The number of nitrogens with zero attached hydrogens (tertiary/aromatic N) is 1. The zero-order valence-corrected chi connectivity index (χ0v) is 12.7. The Morgan fingerprint density at radius 2 is 2.05 bits per heavy atom. The summed E-state index contributed by atoms with van der Waals surface area (Å²) >= 11 is 1.13. The van der Waals surface area contributed by atoms with Crippen molar-refractivity contribution >= 4 is 38.1 Å². The topological polar surface area (TPSA) is 111 Å². The van der Waals surface area contributed by atoms with Crippen LogP contribution in [0.1, 0.15) is 0 Å². The van der Waals surface area contributed by atoms with Crippen molar-refractivity contribution in [2.75, 3.05) is 23.3 Å². The van der Waals surface area contributed by atoms with Crippen LogP contribution in [0.2, 0.25) is 0 Å². The normalized spacial score (nSPS) is 11.1. The van der Waals surface area contributed by atoms with Gasteiger partial charge in [0.25, 0.3) is 0 Å². The number of esters is 1. The summed E-state index contributed by atoms with van der Waals surface area (Å²) in [4.78, 5) is 15.2. The number of ether oxygens (including phenoxy) is 1. The van der Waals surface area contributed by atoms with Gasteiger partial charge in [0.05, 0.1) is 12.8 Å². The van der Waals surface area contributed by atoms with E-state index >= 15 is 0 Å². The van der Waals surface area contributed by atoms with Gasteiger partial charge in [0, 0.05) is 16.6 Å². The Hall–Kier alpha value is -2.13. The third kappa shape index (κ3) is 4.17. The van der Waals surface area contributed by atoms with Crippen LogP contribution in [0, 0.1) is 0 Å². The van der Waals surface area contributed by atoms with Gasteiger partial charge in [-0.1, -0.05) is 12.1 Å². The predicted octanol–water partition coefficient (Wildman–Crippen LogP) is 1.31. The molecule has 0 bridgehead atoms. The number of thiazole rings is 1. The number of rotatable bonds is 5. The van der Waals surface area contributed by atoms with Crippen LogP contribution in [-0.2, 0) is 19.6 Å². The monoisotopic (exact) mass is 327 g/mol. The number of carbonyl (C=O) groups excluding carboxylic acids is 1. The van der Waals surface area contributed by atoms with Crippen LogP contribution in [0.25, 0.3) is 11.3 Å². The van der Waals surface area contributed by atoms with E-state index in [0.29, 0.717) is 11.4 Å². The zero-order chi connectivity index (χ0) is 15.5. The molecule has 1 aromatic heterocycles. The van der Waals surface area contributed by atoms with Crippen LogP contribution in [0.15, 0.2) is 29.6 Å². The highest BCUT2D eigenvalue weighted by atomic mass is 32.2. The van der Waals surface area contributed by atoms with E-state index < -0.39 is 21.7 Å². The van der Waals surface area contributed by atoms with Crippen molar-refractivity contribution in [1.82, 2.24) is 4.98 Å². The molecule has 112 valence electrons. The highest BCUT2D eigenvalue weighted by molar-refractivity contribution is 7.93. The highest BCUT2D eigenvalue weighted by Crippen LogP contribution is 2.26. The van der Waals surface area contributed by atoms with E-state index in [-0.39, 0.29) is 5.13 Å². The number of aromatic nitrogens is 1. The van der Waals surface area contributed by atoms with Crippen LogP contribution in [0.3, 0.4) is 0 Å². The molecule has 0 amide bonds. The molecule has 0 aliphatic heterocycles. The molecule has 0 atom stereocenters. The fourth-order valence-electron chi connectivity index (χ4n) is 1.49. The summed E-state index contributed by atoms with van der Waals surface area (Å²) in [6, 6.07) is 7.04. The molecule has 0 radical (unpaired) electrons. The molecule has 2 aromatic rings. The van der Waals surface area contributed by atoms with E-state index in [1.165, 1.54) is 0 Å². The van der Waals surface area contributed by atoms with Crippen LogP contribution >= 0.6 is 11.3 Å². The van der Waals surface area contributed by atoms with Crippen molar-refractivity contribution in [3.63, 3.8) is 0 Å². The summed E-state index contributed by atoms with van der Waals surface area (Å²) in [6.45, 7) is 0. The lowest BCUT2D eigenvalue weighted by Crippen LogP contribution is -2.23. The third-order valence-electron chi connectivity index (χ3n) is 2.49. The van der Waals surface area contributed by atoms with Crippen molar-refractivity contribution in [1.29, 1.82) is 0 Å². The van der Waals surface area contributed by atoms with Crippen molar-refractivity contribution in [3.8, 4) is 11.3 Å². The second kappa shape index (κ2) is 6.10. The zero-order valence-electron chi connectivity index (χ0n) is 11.1. The molecule has 1 heterocycles. The second-order valence-corrected chi connectivity index (χ2v) is 6.68. The van der Waals surface area contributed by atoms with E-state index in [1.54, 1.807) is 29.6 Å². The maximum Gasteiger partial charge on any atom is 0.322 e. The first-order chi connectivity index (χ1) is 9.89. The molecule has 0 spiro atoms. The smallest absolute Gasteiger partial charge is 0.322 e. The molecule has 0 saturated carbocycles. The lowest BCUT2D eigenvalue weighted by Gasteiger charge is -2.03. The number of nitrogens with one attached hydrogen (secondary N) is 1. The molecule has 3 N–H and O–H groups in total. The van der Waals surface area contributed by atoms with Crippen molar-refractivity contribution in [2.24, 2.45) is 0 Å². The number of nitrogens with two attached hydrogens (primary N) is 1. The number of benzene rings is 1. The maximum absolute atomic E-state index is 11.7. The van der Waals surface area contributed by atoms with E-state index in [2.05, 4.69) is 14.4 Å². The number of carbonyl (C=O) groups is 1. The molecule has 0 aliphatic carbocycles. The van der Waals surface area contributed by atoms with Gasteiger partial charge in [-0.05, 0) is 12.1 Å². The van der Waals surface area contributed by atoms with Gasteiger partial charge < -0.3 is 10.5 Å². The average molecular weight is 327 g/mol. The van der Waals surface area contributed by atoms with Crippen LogP contribution in [0.4, 0.5) is 10.8 Å². The van der Waals surface area contributed by atoms with Gasteiger partial charge >= 0.3 is 5.97 Å². The summed E-state index contributed by atoms with van der Waals surface area (Å²) < 4.78 is 30.0. The second-order valence-electron chi connectivity index (χ2n) is 4.10. The Morgan fingerprint density at radius 1 is 1.38 bits per heavy atom.